The minimum Gasteiger partial charge on any atom is -0.493 e. The number of nitrogens with two attached hydrogens (primary N) is 1. The molecule has 1 aromatic rings. The molecule has 0 fully saturated rings. The summed E-state index contributed by atoms with van der Waals surface area (Å²) in [5.41, 5.74) is 5.99. The summed E-state index contributed by atoms with van der Waals surface area (Å²) in [6, 6.07) is 4.34. The van der Waals surface area contributed by atoms with E-state index >= 15 is 0 Å². The number of aryl methyl sites for hydroxylation is 1. The Morgan fingerprint density at radius 3 is 2.87 bits per heavy atom. The van der Waals surface area contributed by atoms with E-state index in [1.54, 1.807) is 13.0 Å². The molecule has 4 heteroatoms. The highest BCUT2D eigenvalue weighted by atomic mass is 19.1. The van der Waals surface area contributed by atoms with Crippen molar-refractivity contribution in [2.75, 3.05) is 13.2 Å². The van der Waals surface area contributed by atoms with Crippen molar-refractivity contribution in [3.63, 3.8) is 0 Å². The molecule has 3 N–H and O–H groups in total. The number of aliphatic hydroxyl groups excluding tert-OH is 1. The highest BCUT2D eigenvalue weighted by Gasteiger charge is 2.03. The molecule has 0 bridgehead atoms. The van der Waals surface area contributed by atoms with Gasteiger partial charge in [-0.25, -0.2) is 4.39 Å². The van der Waals surface area contributed by atoms with Gasteiger partial charge in [-0.2, -0.15) is 0 Å². The summed E-state index contributed by atoms with van der Waals surface area (Å²) in [5, 5.41) is 9.18. The van der Waals surface area contributed by atoms with Crippen LogP contribution in [0.5, 0.6) is 5.75 Å². The molecule has 0 heterocycles. The Hall–Kier alpha value is -1.13. The third-order valence-electron chi connectivity index (χ3n) is 2.12. The molecule has 3 nitrogen and oxygen atoms in total. The first-order chi connectivity index (χ1) is 7.13. The minimum atomic E-state index is -0.536. The highest BCUT2D eigenvalue weighted by Crippen LogP contribution is 2.18. The lowest BCUT2D eigenvalue weighted by Gasteiger charge is -2.11. The molecule has 0 saturated heterocycles. The number of aliphatic hydroxyl groups is 1. The van der Waals surface area contributed by atoms with Gasteiger partial charge < -0.3 is 15.6 Å². The minimum absolute atomic E-state index is 0.228. The van der Waals surface area contributed by atoms with E-state index < -0.39 is 6.10 Å². The molecule has 84 valence electrons. The van der Waals surface area contributed by atoms with Gasteiger partial charge in [-0.1, -0.05) is 0 Å². The van der Waals surface area contributed by atoms with E-state index in [9.17, 15) is 9.50 Å². The van der Waals surface area contributed by atoms with Crippen LogP contribution in [0.15, 0.2) is 18.2 Å². The van der Waals surface area contributed by atoms with Crippen molar-refractivity contribution in [1.82, 2.24) is 0 Å². The van der Waals surface area contributed by atoms with Crippen LogP contribution in [0, 0.1) is 12.7 Å². The second-order valence-electron chi connectivity index (χ2n) is 3.44. The van der Waals surface area contributed by atoms with E-state index in [1.807, 2.05) is 0 Å². The van der Waals surface area contributed by atoms with E-state index in [2.05, 4.69) is 0 Å². The lowest BCUT2D eigenvalue weighted by atomic mass is 10.2. The van der Waals surface area contributed by atoms with Crippen molar-refractivity contribution in [3.05, 3.63) is 29.6 Å². The molecule has 15 heavy (non-hydrogen) atoms. The second kappa shape index (κ2) is 5.68. The fourth-order valence-electron chi connectivity index (χ4n) is 1.20. The number of ether oxygens (including phenoxy) is 1. The normalized spacial score (nSPS) is 12.5. The van der Waals surface area contributed by atoms with Crippen molar-refractivity contribution in [2.24, 2.45) is 5.73 Å². The average Bonchev–Trinajstić information content (AvgIpc) is 2.21. The topological polar surface area (TPSA) is 55.5 Å². The van der Waals surface area contributed by atoms with Crippen LogP contribution in [0.2, 0.25) is 0 Å². The summed E-state index contributed by atoms with van der Waals surface area (Å²) in [6.07, 6.45) is -0.0569. The van der Waals surface area contributed by atoms with Gasteiger partial charge in [0, 0.05) is 13.0 Å². The van der Waals surface area contributed by atoms with Gasteiger partial charge in [-0.15, -0.1) is 0 Å². The fourth-order valence-corrected chi connectivity index (χ4v) is 1.20. The Morgan fingerprint density at radius 1 is 1.53 bits per heavy atom. The van der Waals surface area contributed by atoms with Crippen LogP contribution >= 0.6 is 0 Å². The fraction of sp³-hybridized carbons (Fsp3) is 0.455. The van der Waals surface area contributed by atoms with Gasteiger partial charge in [0.1, 0.15) is 11.6 Å². The Bertz CT molecular complexity index is 317. The second-order valence-corrected chi connectivity index (χ2v) is 3.44. The van der Waals surface area contributed by atoms with E-state index in [0.717, 1.165) is 5.56 Å². The molecule has 1 atom stereocenters. The van der Waals surface area contributed by atoms with Crippen molar-refractivity contribution in [2.45, 2.75) is 19.4 Å². The van der Waals surface area contributed by atoms with Gasteiger partial charge in [0.05, 0.1) is 12.7 Å². The van der Waals surface area contributed by atoms with Crippen LogP contribution in [-0.2, 0) is 0 Å². The van der Waals surface area contributed by atoms with Crippen LogP contribution in [-0.4, -0.2) is 24.4 Å². The first-order valence-electron chi connectivity index (χ1n) is 4.90. The SMILES string of the molecule is Cc1cc(F)ccc1OCCC(O)CN. The molecule has 0 amide bonds. The Balaban J connectivity index is 2.44. The maximum absolute atomic E-state index is 12.7. The highest BCUT2D eigenvalue weighted by molar-refractivity contribution is 5.32. The Morgan fingerprint density at radius 2 is 2.27 bits per heavy atom. The van der Waals surface area contributed by atoms with Gasteiger partial charge >= 0.3 is 0 Å². The number of benzene rings is 1. The standard InChI is InChI=1S/C11H16FNO2/c1-8-6-9(12)2-3-11(8)15-5-4-10(14)7-13/h2-3,6,10,14H,4-5,7,13H2,1H3. The van der Waals surface area contributed by atoms with Gasteiger partial charge in [0.25, 0.3) is 0 Å². The molecule has 0 radical (unpaired) electrons. The van der Waals surface area contributed by atoms with Crippen molar-refractivity contribution in [3.8, 4) is 5.75 Å². The number of rotatable bonds is 5. The van der Waals surface area contributed by atoms with E-state index in [4.69, 9.17) is 10.5 Å². The van der Waals surface area contributed by atoms with Gasteiger partial charge in [-0.3, -0.25) is 0 Å². The molecule has 0 aliphatic carbocycles. The summed E-state index contributed by atoms with van der Waals surface area (Å²) >= 11 is 0. The van der Waals surface area contributed by atoms with Gasteiger partial charge in [-0.05, 0) is 30.7 Å². The maximum atomic E-state index is 12.7. The molecule has 1 unspecified atom stereocenters. The Kier molecular flexibility index (Phi) is 4.52. The largest absolute Gasteiger partial charge is 0.493 e. The number of hydrogen-bond acceptors (Lipinski definition) is 3. The van der Waals surface area contributed by atoms with Crippen LogP contribution < -0.4 is 10.5 Å². The van der Waals surface area contributed by atoms with Gasteiger partial charge in [0.2, 0.25) is 0 Å². The first-order valence-corrected chi connectivity index (χ1v) is 4.90. The third kappa shape index (κ3) is 3.85. The molecule has 0 aromatic heterocycles. The smallest absolute Gasteiger partial charge is 0.123 e. The quantitative estimate of drug-likeness (QED) is 0.773. The average molecular weight is 213 g/mol. The lowest BCUT2D eigenvalue weighted by molar-refractivity contribution is 0.146. The van der Waals surface area contributed by atoms with E-state index in [1.165, 1.54) is 12.1 Å². The van der Waals surface area contributed by atoms with Crippen molar-refractivity contribution < 1.29 is 14.2 Å². The summed E-state index contributed by atoms with van der Waals surface area (Å²) < 4.78 is 18.1. The van der Waals surface area contributed by atoms with Crippen LogP contribution in [0.25, 0.3) is 0 Å². The number of halogens is 1. The molecular weight excluding hydrogens is 197 g/mol. The first kappa shape index (κ1) is 11.9. The third-order valence-corrected chi connectivity index (χ3v) is 2.12. The molecule has 1 rings (SSSR count). The summed E-state index contributed by atoms with van der Waals surface area (Å²) in [6.45, 7) is 2.38. The predicted octanol–water partition coefficient (Wildman–Crippen LogP) is 1.22. The van der Waals surface area contributed by atoms with Crippen molar-refractivity contribution >= 4 is 0 Å². The molecular formula is C11H16FNO2. The Labute approximate surface area is 88.7 Å². The van der Waals surface area contributed by atoms with Crippen LogP contribution in [0.1, 0.15) is 12.0 Å². The van der Waals surface area contributed by atoms with Gasteiger partial charge in [0.15, 0.2) is 0 Å². The van der Waals surface area contributed by atoms with E-state index in [0.29, 0.717) is 18.8 Å². The molecule has 0 spiro atoms. The summed E-state index contributed by atoms with van der Waals surface area (Å²) in [7, 11) is 0. The zero-order valence-electron chi connectivity index (χ0n) is 8.74. The maximum Gasteiger partial charge on any atom is 0.123 e. The van der Waals surface area contributed by atoms with Crippen LogP contribution in [0.4, 0.5) is 4.39 Å². The lowest BCUT2D eigenvalue weighted by Crippen LogP contribution is -2.22. The predicted molar refractivity (Wildman–Crippen MR) is 56.3 cm³/mol. The molecule has 1 aromatic carbocycles. The van der Waals surface area contributed by atoms with Crippen molar-refractivity contribution in [1.29, 1.82) is 0 Å². The van der Waals surface area contributed by atoms with Crippen LogP contribution in [0.3, 0.4) is 0 Å². The number of hydrogen-bond donors (Lipinski definition) is 2. The summed E-state index contributed by atoms with van der Waals surface area (Å²) in [4.78, 5) is 0. The zero-order chi connectivity index (χ0) is 11.3. The molecule has 0 aliphatic rings. The molecule has 0 saturated carbocycles. The molecule has 0 aliphatic heterocycles. The summed E-state index contributed by atoms with van der Waals surface area (Å²) in [5.74, 6) is 0.363. The van der Waals surface area contributed by atoms with E-state index in [-0.39, 0.29) is 12.4 Å². The zero-order valence-corrected chi connectivity index (χ0v) is 8.74. The monoisotopic (exact) mass is 213 g/mol.